The van der Waals surface area contributed by atoms with Crippen LogP contribution in [-0.2, 0) is 19.0 Å². The second-order valence-corrected chi connectivity index (χ2v) is 7.59. The zero-order valence-corrected chi connectivity index (χ0v) is 16.1. The van der Waals surface area contributed by atoms with E-state index in [-0.39, 0.29) is 17.5 Å². The van der Waals surface area contributed by atoms with Gasteiger partial charge in [0.1, 0.15) is 30.1 Å². The molecule has 2 aliphatic heterocycles. The highest BCUT2D eigenvalue weighted by molar-refractivity contribution is 6.35. The number of rotatable bonds is 3. The van der Waals surface area contributed by atoms with E-state index >= 15 is 0 Å². The molecule has 2 N–H and O–H groups in total. The van der Waals surface area contributed by atoms with Crippen LogP contribution in [0.15, 0.2) is 18.2 Å². The molecule has 7 nitrogen and oxygen atoms in total. The molecule has 2 heterocycles. The average Bonchev–Trinajstić information content (AvgIpc) is 2.53. The predicted octanol–water partition coefficient (Wildman–Crippen LogP) is 2.11. The number of carbonyl (C=O) groups excluding carboxylic acids is 1. The molecule has 0 bridgehead atoms. The van der Waals surface area contributed by atoms with Crippen molar-refractivity contribution in [1.29, 1.82) is 0 Å². The van der Waals surface area contributed by atoms with E-state index in [9.17, 15) is 9.90 Å². The molecule has 0 aromatic heterocycles. The second-order valence-electron chi connectivity index (χ2n) is 6.75. The Hall–Kier alpha value is -1.09. The molecule has 2 aliphatic rings. The van der Waals surface area contributed by atoms with Gasteiger partial charge in [-0.25, -0.2) is 0 Å². The number of ether oxygens (including phenoxy) is 4. The molecule has 2 fully saturated rings. The Morgan fingerprint density at radius 3 is 2.77 bits per heavy atom. The van der Waals surface area contributed by atoms with Crippen molar-refractivity contribution < 1.29 is 28.8 Å². The smallest absolute Gasteiger partial charge is 0.223 e. The number of benzene rings is 1. The zero-order chi connectivity index (χ0) is 19.1. The Labute approximate surface area is 161 Å². The van der Waals surface area contributed by atoms with Gasteiger partial charge in [-0.15, -0.1) is 0 Å². The molecule has 0 radical (unpaired) electrons. The Morgan fingerprint density at radius 2 is 2.12 bits per heavy atom. The largest absolute Gasteiger partial charge is 0.461 e. The summed E-state index contributed by atoms with van der Waals surface area (Å²) < 4.78 is 23.1. The third-order valence-electron chi connectivity index (χ3n) is 4.20. The molecule has 0 aliphatic carbocycles. The van der Waals surface area contributed by atoms with Crippen molar-refractivity contribution in [1.82, 2.24) is 5.32 Å². The first kappa shape index (κ1) is 19.7. The minimum atomic E-state index is -1.06. The van der Waals surface area contributed by atoms with Crippen LogP contribution >= 0.6 is 23.2 Å². The molecule has 1 aromatic carbocycles. The van der Waals surface area contributed by atoms with Crippen LogP contribution in [0.1, 0.15) is 20.8 Å². The maximum Gasteiger partial charge on any atom is 0.223 e. The molecule has 26 heavy (non-hydrogen) atoms. The van der Waals surface area contributed by atoms with Gasteiger partial charge in [0.2, 0.25) is 12.2 Å². The number of hydrogen-bond donors (Lipinski definition) is 2. The summed E-state index contributed by atoms with van der Waals surface area (Å²) in [5, 5.41) is 14.2. The van der Waals surface area contributed by atoms with Gasteiger partial charge in [-0.05, 0) is 32.0 Å². The van der Waals surface area contributed by atoms with Crippen LogP contribution in [-0.4, -0.2) is 54.1 Å². The number of amides is 1. The Morgan fingerprint density at radius 1 is 1.38 bits per heavy atom. The average molecular weight is 406 g/mol. The van der Waals surface area contributed by atoms with Crippen molar-refractivity contribution in [3.05, 3.63) is 28.2 Å². The van der Waals surface area contributed by atoms with Crippen molar-refractivity contribution in [3.63, 3.8) is 0 Å². The minimum absolute atomic E-state index is 0.218. The van der Waals surface area contributed by atoms with Gasteiger partial charge in [-0.3, -0.25) is 4.79 Å². The Bertz CT molecular complexity index is 685. The van der Waals surface area contributed by atoms with Crippen LogP contribution in [0, 0.1) is 0 Å². The minimum Gasteiger partial charge on any atom is -0.461 e. The van der Waals surface area contributed by atoms with E-state index in [1.807, 2.05) is 0 Å². The molecule has 0 saturated carbocycles. The summed E-state index contributed by atoms with van der Waals surface area (Å²) in [7, 11) is 0. The zero-order valence-electron chi connectivity index (χ0n) is 14.6. The maximum atomic E-state index is 11.6. The summed E-state index contributed by atoms with van der Waals surface area (Å²) in [6.45, 7) is 5.06. The van der Waals surface area contributed by atoms with Gasteiger partial charge in [0.15, 0.2) is 5.79 Å². The van der Waals surface area contributed by atoms with Gasteiger partial charge in [0.25, 0.3) is 0 Å². The topological polar surface area (TPSA) is 86.3 Å². The molecule has 3 rings (SSSR count). The van der Waals surface area contributed by atoms with E-state index in [0.29, 0.717) is 10.8 Å². The van der Waals surface area contributed by atoms with Crippen LogP contribution in [0.25, 0.3) is 0 Å². The number of halogens is 2. The first-order valence-corrected chi connectivity index (χ1v) is 8.96. The first-order chi connectivity index (χ1) is 12.2. The van der Waals surface area contributed by atoms with Crippen LogP contribution < -0.4 is 10.1 Å². The normalized spacial score (nSPS) is 33.2. The summed E-state index contributed by atoms with van der Waals surface area (Å²) >= 11 is 12.0. The van der Waals surface area contributed by atoms with Crippen molar-refractivity contribution >= 4 is 29.1 Å². The molecule has 5 atom stereocenters. The van der Waals surface area contributed by atoms with E-state index in [4.69, 9.17) is 42.1 Å². The predicted molar refractivity (Wildman–Crippen MR) is 94.3 cm³/mol. The lowest BCUT2D eigenvalue weighted by atomic mass is 9.95. The number of hydrogen-bond acceptors (Lipinski definition) is 6. The number of aliphatic hydroxyl groups excluding tert-OH is 1. The molecular formula is C17H21Cl2NO6. The standard InChI is InChI=1S/C17H21Cl2NO6/c1-8(21)20-13-14(22)15-12(7-23-17(2,3)26-15)25-16(13)24-11-5-4-9(18)6-10(11)19/h4-6,12-16,22H,7H2,1-3H3,(H,20,21). The fourth-order valence-corrected chi connectivity index (χ4v) is 3.48. The van der Waals surface area contributed by atoms with Crippen LogP contribution in [0.4, 0.5) is 0 Å². The van der Waals surface area contributed by atoms with Crippen molar-refractivity contribution in [3.8, 4) is 5.75 Å². The lowest BCUT2D eigenvalue weighted by molar-refractivity contribution is -0.361. The van der Waals surface area contributed by atoms with Crippen molar-refractivity contribution in [2.75, 3.05) is 6.61 Å². The second kappa shape index (κ2) is 7.50. The maximum absolute atomic E-state index is 11.6. The molecular weight excluding hydrogens is 385 g/mol. The van der Waals surface area contributed by atoms with Gasteiger partial charge < -0.3 is 29.4 Å². The van der Waals surface area contributed by atoms with Crippen LogP contribution in [0.3, 0.4) is 0 Å². The van der Waals surface area contributed by atoms with Gasteiger partial charge in [-0.2, -0.15) is 0 Å². The third-order valence-corrected chi connectivity index (χ3v) is 4.73. The molecule has 144 valence electrons. The van der Waals surface area contributed by atoms with Gasteiger partial charge >= 0.3 is 0 Å². The number of aliphatic hydroxyl groups is 1. The lowest BCUT2D eigenvalue weighted by Gasteiger charge is -2.49. The summed E-state index contributed by atoms with van der Waals surface area (Å²) in [6.07, 6.45) is -3.27. The van der Waals surface area contributed by atoms with E-state index in [1.54, 1.807) is 26.0 Å². The highest BCUT2D eigenvalue weighted by Gasteiger charge is 2.52. The van der Waals surface area contributed by atoms with Crippen LogP contribution in [0.5, 0.6) is 5.75 Å². The summed E-state index contributed by atoms with van der Waals surface area (Å²) in [6, 6.07) is 3.89. The number of carbonyl (C=O) groups is 1. The summed E-state index contributed by atoms with van der Waals surface area (Å²) in [4.78, 5) is 11.6. The highest BCUT2D eigenvalue weighted by Crippen LogP contribution is 2.35. The molecule has 1 amide bonds. The first-order valence-electron chi connectivity index (χ1n) is 8.20. The Kier molecular flexibility index (Phi) is 5.67. The van der Waals surface area contributed by atoms with Crippen LogP contribution in [0.2, 0.25) is 10.0 Å². The van der Waals surface area contributed by atoms with E-state index in [1.165, 1.54) is 13.0 Å². The summed E-state index contributed by atoms with van der Waals surface area (Å²) in [5.41, 5.74) is 0. The van der Waals surface area contributed by atoms with Crippen molar-refractivity contribution in [2.24, 2.45) is 0 Å². The molecule has 5 unspecified atom stereocenters. The quantitative estimate of drug-likeness (QED) is 0.800. The number of nitrogens with one attached hydrogen (secondary N) is 1. The SMILES string of the molecule is CC(=O)NC1C(Oc2ccc(Cl)cc2Cl)OC2COC(C)(C)OC2C1O. The monoisotopic (exact) mass is 405 g/mol. The van der Waals surface area contributed by atoms with E-state index in [0.717, 1.165) is 0 Å². The fourth-order valence-electron chi connectivity index (χ4n) is 3.03. The number of fused-ring (bicyclic) bond motifs is 1. The van der Waals surface area contributed by atoms with Gasteiger partial charge in [0.05, 0.1) is 11.6 Å². The fraction of sp³-hybridized carbons (Fsp3) is 0.588. The molecule has 1 aromatic rings. The van der Waals surface area contributed by atoms with Crippen molar-refractivity contribution in [2.45, 2.75) is 57.2 Å². The van der Waals surface area contributed by atoms with Gasteiger partial charge in [-0.1, -0.05) is 23.2 Å². The third kappa shape index (κ3) is 4.24. The van der Waals surface area contributed by atoms with E-state index in [2.05, 4.69) is 5.32 Å². The van der Waals surface area contributed by atoms with E-state index < -0.39 is 36.4 Å². The molecule has 9 heteroatoms. The summed E-state index contributed by atoms with van der Waals surface area (Å²) in [5.74, 6) is -0.877. The van der Waals surface area contributed by atoms with Gasteiger partial charge in [0, 0.05) is 11.9 Å². The molecule has 0 spiro atoms. The molecule has 2 saturated heterocycles. The Balaban J connectivity index is 1.84. The lowest BCUT2D eigenvalue weighted by Crippen LogP contribution is -2.69. The highest BCUT2D eigenvalue weighted by atomic mass is 35.5.